The Balaban J connectivity index is 2.11. The Kier molecular flexibility index (Phi) is 5.19. The maximum absolute atomic E-state index is 12.1. The molecular weight excluding hydrogens is 316 g/mol. The molecule has 23 heavy (non-hydrogen) atoms. The van der Waals surface area contributed by atoms with Gasteiger partial charge in [-0.3, -0.25) is 0 Å². The summed E-state index contributed by atoms with van der Waals surface area (Å²) in [6.45, 7) is 7.54. The van der Waals surface area contributed by atoms with Crippen LogP contribution in [0.15, 0.2) is 0 Å². The summed E-state index contributed by atoms with van der Waals surface area (Å²) in [5.74, 6) is -0.389. The van der Waals surface area contributed by atoms with Crippen LogP contribution in [0.25, 0.3) is 0 Å². The number of fused-ring (bicyclic) bond motifs is 1. The van der Waals surface area contributed by atoms with Crippen molar-refractivity contribution in [1.29, 1.82) is 0 Å². The van der Waals surface area contributed by atoms with Gasteiger partial charge in [-0.1, -0.05) is 0 Å². The van der Waals surface area contributed by atoms with Crippen molar-refractivity contribution in [2.24, 2.45) is 0 Å². The molecule has 0 aromatic carbocycles. The molecule has 1 unspecified atom stereocenters. The van der Waals surface area contributed by atoms with E-state index in [0.29, 0.717) is 23.6 Å². The van der Waals surface area contributed by atoms with Gasteiger partial charge in [-0.25, -0.2) is 9.59 Å². The summed E-state index contributed by atoms with van der Waals surface area (Å²) in [4.78, 5) is 25.1. The lowest BCUT2D eigenvalue weighted by Crippen LogP contribution is -2.41. The molecule has 0 spiro atoms. The van der Waals surface area contributed by atoms with Gasteiger partial charge in [0.15, 0.2) is 0 Å². The molecule has 1 heterocycles. The SMILES string of the molecule is CCOC(=O)c1c(N)sc2c1CC(NC(=O)OC(C)(C)C)CC2. The van der Waals surface area contributed by atoms with Crippen LogP contribution in [-0.2, 0) is 22.3 Å². The van der Waals surface area contributed by atoms with Crippen LogP contribution in [0.1, 0.15) is 54.9 Å². The number of rotatable bonds is 3. The van der Waals surface area contributed by atoms with Crippen molar-refractivity contribution in [1.82, 2.24) is 5.32 Å². The molecule has 0 fully saturated rings. The second kappa shape index (κ2) is 6.78. The second-order valence-electron chi connectivity index (χ2n) is 6.55. The van der Waals surface area contributed by atoms with E-state index in [1.54, 1.807) is 6.92 Å². The average molecular weight is 340 g/mol. The van der Waals surface area contributed by atoms with E-state index in [-0.39, 0.29) is 12.0 Å². The zero-order valence-corrected chi connectivity index (χ0v) is 14.8. The minimum atomic E-state index is -0.535. The number of anilines is 1. The molecule has 1 amide bonds. The minimum Gasteiger partial charge on any atom is -0.462 e. The largest absolute Gasteiger partial charge is 0.462 e. The quantitative estimate of drug-likeness (QED) is 0.826. The topological polar surface area (TPSA) is 90.6 Å². The Bertz CT molecular complexity index is 604. The van der Waals surface area contributed by atoms with Gasteiger partial charge >= 0.3 is 12.1 Å². The number of nitrogens with two attached hydrogens (primary N) is 1. The van der Waals surface area contributed by atoms with Gasteiger partial charge in [-0.2, -0.15) is 0 Å². The number of nitrogen functional groups attached to an aromatic ring is 1. The highest BCUT2D eigenvalue weighted by Crippen LogP contribution is 2.36. The Hall–Kier alpha value is -1.76. The summed E-state index contributed by atoms with van der Waals surface area (Å²) in [5.41, 5.74) is 6.81. The first kappa shape index (κ1) is 17.6. The van der Waals surface area contributed by atoms with E-state index >= 15 is 0 Å². The number of nitrogens with one attached hydrogen (secondary N) is 1. The summed E-state index contributed by atoms with van der Waals surface area (Å²) in [5, 5.41) is 3.37. The van der Waals surface area contributed by atoms with E-state index < -0.39 is 11.7 Å². The standard InChI is InChI=1S/C16H24N2O4S/c1-5-21-14(19)12-10-8-9(6-7-11(10)23-13(12)17)18-15(20)22-16(2,3)4/h9H,5-8,17H2,1-4H3,(H,18,20). The third-order valence-corrected chi connectivity index (χ3v) is 4.61. The molecular formula is C16H24N2O4S. The lowest BCUT2D eigenvalue weighted by Gasteiger charge is -2.26. The van der Waals surface area contributed by atoms with E-state index in [2.05, 4.69) is 5.32 Å². The van der Waals surface area contributed by atoms with Crippen molar-refractivity contribution in [3.05, 3.63) is 16.0 Å². The lowest BCUT2D eigenvalue weighted by molar-refractivity contribution is 0.0500. The summed E-state index contributed by atoms with van der Waals surface area (Å²) in [7, 11) is 0. The van der Waals surface area contributed by atoms with Gasteiger partial charge in [-0.05, 0) is 52.5 Å². The molecule has 7 heteroatoms. The van der Waals surface area contributed by atoms with Gasteiger partial charge < -0.3 is 20.5 Å². The molecule has 1 aliphatic rings. The summed E-state index contributed by atoms with van der Waals surface area (Å²) < 4.78 is 10.4. The smallest absolute Gasteiger partial charge is 0.407 e. The maximum atomic E-state index is 12.1. The molecule has 2 rings (SSSR count). The molecule has 0 bridgehead atoms. The molecule has 1 atom stereocenters. The molecule has 1 aliphatic carbocycles. The molecule has 3 N–H and O–H groups in total. The summed E-state index contributed by atoms with van der Waals surface area (Å²) >= 11 is 1.43. The van der Waals surface area contributed by atoms with Crippen LogP contribution in [0.4, 0.5) is 9.80 Å². The fraction of sp³-hybridized carbons (Fsp3) is 0.625. The highest BCUT2D eigenvalue weighted by atomic mass is 32.1. The first-order chi connectivity index (χ1) is 10.7. The number of hydrogen-bond acceptors (Lipinski definition) is 6. The molecule has 1 aromatic rings. The highest BCUT2D eigenvalue weighted by molar-refractivity contribution is 7.16. The van der Waals surface area contributed by atoms with Gasteiger partial charge in [0.25, 0.3) is 0 Å². The predicted octanol–water partition coefficient (Wildman–Crippen LogP) is 2.89. The lowest BCUT2D eigenvalue weighted by atomic mass is 9.91. The van der Waals surface area contributed by atoms with Gasteiger partial charge in [0.05, 0.1) is 12.2 Å². The van der Waals surface area contributed by atoms with Gasteiger partial charge in [0.2, 0.25) is 0 Å². The molecule has 0 aliphatic heterocycles. The summed E-state index contributed by atoms with van der Waals surface area (Å²) in [6.07, 6.45) is 1.71. The Labute approximate surface area is 140 Å². The van der Waals surface area contributed by atoms with Crippen molar-refractivity contribution in [3.8, 4) is 0 Å². The number of hydrogen-bond donors (Lipinski definition) is 2. The maximum Gasteiger partial charge on any atom is 0.407 e. The van der Waals surface area contributed by atoms with E-state index in [1.165, 1.54) is 11.3 Å². The molecule has 0 radical (unpaired) electrons. The van der Waals surface area contributed by atoms with Gasteiger partial charge in [0.1, 0.15) is 10.6 Å². The van der Waals surface area contributed by atoms with Crippen LogP contribution >= 0.6 is 11.3 Å². The van der Waals surface area contributed by atoms with E-state index in [4.69, 9.17) is 15.2 Å². The third kappa shape index (κ3) is 4.37. The number of thiophene rings is 1. The highest BCUT2D eigenvalue weighted by Gasteiger charge is 2.30. The number of aryl methyl sites for hydroxylation is 1. The monoisotopic (exact) mass is 340 g/mol. The van der Waals surface area contributed by atoms with Crippen LogP contribution in [0.2, 0.25) is 0 Å². The van der Waals surface area contributed by atoms with Crippen molar-refractivity contribution in [2.45, 2.75) is 58.6 Å². The minimum absolute atomic E-state index is 0.0699. The van der Waals surface area contributed by atoms with Crippen LogP contribution < -0.4 is 11.1 Å². The Morgan fingerprint density at radius 2 is 2.09 bits per heavy atom. The average Bonchev–Trinajstić information content (AvgIpc) is 2.72. The summed E-state index contributed by atoms with van der Waals surface area (Å²) in [6, 6.07) is -0.0699. The third-order valence-electron chi connectivity index (χ3n) is 3.49. The first-order valence-corrected chi connectivity index (χ1v) is 8.59. The van der Waals surface area contributed by atoms with E-state index in [1.807, 2.05) is 20.8 Å². The van der Waals surface area contributed by atoms with Gasteiger partial charge in [-0.15, -0.1) is 11.3 Å². The number of alkyl carbamates (subject to hydrolysis) is 1. The predicted molar refractivity (Wildman–Crippen MR) is 89.9 cm³/mol. The number of carbonyl (C=O) groups excluding carboxylic acids is 2. The Morgan fingerprint density at radius 3 is 2.70 bits per heavy atom. The zero-order valence-electron chi connectivity index (χ0n) is 14.0. The molecule has 128 valence electrons. The normalized spacial score (nSPS) is 17.3. The molecule has 1 aromatic heterocycles. The first-order valence-electron chi connectivity index (χ1n) is 7.78. The van der Waals surface area contributed by atoms with Crippen LogP contribution in [-0.4, -0.2) is 30.3 Å². The van der Waals surface area contributed by atoms with E-state index in [0.717, 1.165) is 23.3 Å². The van der Waals surface area contributed by atoms with Crippen molar-refractivity contribution >= 4 is 28.4 Å². The van der Waals surface area contributed by atoms with Crippen molar-refractivity contribution in [3.63, 3.8) is 0 Å². The molecule has 0 saturated heterocycles. The zero-order chi connectivity index (χ0) is 17.2. The van der Waals surface area contributed by atoms with Crippen molar-refractivity contribution < 1.29 is 19.1 Å². The Morgan fingerprint density at radius 1 is 1.39 bits per heavy atom. The van der Waals surface area contributed by atoms with Gasteiger partial charge in [0, 0.05) is 10.9 Å². The number of amides is 1. The number of ether oxygens (including phenoxy) is 2. The van der Waals surface area contributed by atoms with Crippen LogP contribution in [0.3, 0.4) is 0 Å². The molecule has 6 nitrogen and oxygen atoms in total. The second-order valence-corrected chi connectivity index (χ2v) is 7.69. The fourth-order valence-corrected chi connectivity index (χ4v) is 3.73. The van der Waals surface area contributed by atoms with Crippen LogP contribution in [0, 0.1) is 0 Å². The number of esters is 1. The number of carbonyl (C=O) groups is 2. The van der Waals surface area contributed by atoms with Crippen molar-refractivity contribution in [2.75, 3.05) is 12.3 Å². The fourth-order valence-electron chi connectivity index (χ4n) is 2.63. The van der Waals surface area contributed by atoms with E-state index in [9.17, 15) is 9.59 Å². The molecule has 0 saturated carbocycles. The van der Waals surface area contributed by atoms with Crippen LogP contribution in [0.5, 0.6) is 0 Å².